The molecule has 0 spiro atoms. The number of fused-ring (bicyclic) bond motifs is 1. The standard InChI is InChI=1S/C25H26FN3O/c26-20-9-5-18(6-10-20)13-21-15-29-16-24(19-7-11-22(30)12-8-19)28-23(25(29)27-21)14-17-3-1-2-4-17/h5-12,16-17,28,30H,1-4,13-15H2. The summed E-state index contributed by atoms with van der Waals surface area (Å²) in [6.07, 6.45) is 9.04. The third-order valence-corrected chi connectivity index (χ3v) is 6.20. The van der Waals surface area contributed by atoms with Gasteiger partial charge in [-0.1, -0.05) is 37.8 Å². The van der Waals surface area contributed by atoms with Crippen LogP contribution in [0.4, 0.5) is 4.39 Å². The summed E-state index contributed by atoms with van der Waals surface area (Å²) in [5, 5.41) is 13.3. The van der Waals surface area contributed by atoms with Gasteiger partial charge in [0.2, 0.25) is 0 Å². The van der Waals surface area contributed by atoms with Crippen molar-refractivity contribution in [2.24, 2.45) is 10.9 Å². The number of hydrogen-bond acceptors (Lipinski definition) is 4. The molecule has 2 N–H and O–H groups in total. The molecule has 5 rings (SSSR count). The molecular weight excluding hydrogens is 377 g/mol. The largest absolute Gasteiger partial charge is 0.508 e. The van der Waals surface area contributed by atoms with Gasteiger partial charge in [-0.25, -0.2) is 9.38 Å². The van der Waals surface area contributed by atoms with E-state index in [9.17, 15) is 9.50 Å². The smallest absolute Gasteiger partial charge is 0.152 e. The van der Waals surface area contributed by atoms with Crippen molar-refractivity contribution in [3.8, 4) is 5.75 Å². The average molecular weight is 404 g/mol. The quantitative estimate of drug-likeness (QED) is 0.723. The Kier molecular flexibility index (Phi) is 5.03. The van der Waals surface area contributed by atoms with Gasteiger partial charge >= 0.3 is 0 Å². The minimum absolute atomic E-state index is 0.211. The number of nitrogens with zero attached hydrogens (tertiary/aromatic N) is 2. The van der Waals surface area contributed by atoms with Crippen LogP contribution in [0.25, 0.3) is 5.70 Å². The minimum atomic E-state index is -0.211. The molecule has 0 aromatic heterocycles. The summed E-state index contributed by atoms with van der Waals surface area (Å²) in [6, 6.07) is 14.0. The van der Waals surface area contributed by atoms with Crippen LogP contribution in [0.15, 0.2) is 71.2 Å². The summed E-state index contributed by atoms with van der Waals surface area (Å²) in [6.45, 7) is 0.740. The second-order valence-corrected chi connectivity index (χ2v) is 8.48. The highest BCUT2D eigenvalue weighted by Crippen LogP contribution is 2.35. The maximum absolute atomic E-state index is 13.2. The molecule has 0 bridgehead atoms. The van der Waals surface area contributed by atoms with Crippen LogP contribution < -0.4 is 5.32 Å². The predicted molar refractivity (Wildman–Crippen MR) is 117 cm³/mol. The van der Waals surface area contributed by atoms with Crippen LogP contribution in [0.2, 0.25) is 0 Å². The van der Waals surface area contributed by atoms with Crippen molar-refractivity contribution in [1.29, 1.82) is 0 Å². The molecule has 2 aliphatic heterocycles. The molecule has 3 aliphatic rings. The van der Waals surface area contributed by atoms with E-state index in [-0.39, 0.29) is 11.6 Å². The van der Waals surface area contributed by atoms with E-state index in [1.54, 1.807) is 12.1 Å². The van der Waals surface area contributed by atoms with Gasteiger partial charge < -0.3 is 15.3 Å². The lowest BCUT2D eigenvalue weighted by Gasteiger charge is -2.28. The SMILES string of the molecule is Oc1ccc(C2=CN3CC(Cc4ccc(F)cc4)=NC3=C(CC3CCCC3)N2)cc1. The molecule has 1 saturated carbocycles. The van der Waals surface area contributed by atoms with Gasteiger partial charge in [0.25, 0.3) is 0 Å². The van der Waals surface area contributed by atoms with Crippen molar-refractivity contribution >= 4 is 11.4 Å². The Bertz CT molecular complexity index is 1020. The highest BCUT2D eigenvalue weighted by atomic mass is 19.1. The zero-order chi connectivity index (χ0) is 20.5. The molecule has 154 valence electrons. The van der Waals surface area contributed by atoms with Gasteiger partial charge in [0.1, 0.15) is 11.6 Å². The Morgan fingerprint density at radius 3 is 2.50 bits per heavy atom. The van der Waals surface area contributed by atoms with Crippen molar-refractivity contribution in [1.82, 2.24) is 10.2 Å². The minimum Gasteiger partial charge on any atom is -0.508 e. The lowest BCUT2D eigenvalue weighted by Crippen LogP contribution is -2.28. The van der Waals surface area contributed by atoms with Crippen LogP contribution >= 0.6 is 0 Å². The lowest BCUT2D eigenvalue weighted by molar-refractivity contribution is 0.475. The summed E-state index contributed by atoms with van der Waals surface area (Å²) >= 11 is 0. The van der Waals surface area contributed by atoms with E-state index in [0.29, 0.717) is 5.92 Å². The number of allylic oxidation sites excluding steroid dienone is 1. The second-order valence-electron chi connectivity index (χ2n) is 8.48. The maximum Gasteiger partial charge on any atom is 0.152 e. The number of halogens is 1. The topological polar surface area (TPSA) is 47.9 Å². The third kappa shape index (κ3) is 3.97. The zero-order valence-corrected chi connectivity index (χ0v) is 16.9. The highest BCUT2D eigenvalue weighted by molar-refractivity contribution is 5.92. The normalized spacial score (nSPS) is 18.9. The fraction of sp³-hybridized carbons (Fsp3) is 0.320. The first-order valence-corrected chi connectivity index (χ1v) is 10.7. The van der Waals surface area contributed by atoms with E-state index >= 15 is 0 Å². The molecule has 4 nitrogen and oxygen atoms in total. The summed E-state index contributed by atoms with van der Waals surface area (Å²) in [5.74, 6) is 1.78. The predicted octanol–water partition coefficient (Wildman–Crippen LogP) is 5.18. The first kappa shape index (κ1) is 18.9. The van der Waals surface area contributed by atoms with Gasteiger partial charge in [-0.05, 0) is 59.9 Å². The number of aliphatic imine (C=N–C) groups is 1. The molecule has 0 unspecified atom stereocenters. The number of phenolic OH excluding ortho intramolecular Hbond substituents is 1. The second kappa shape index (κ2) is 7.98. The number of phenols is 1. The van der Waals surface area contributed by atoms with Crippen LogP contribution in [0.3, 0.4) is 0 Å². The molecular formula is C25H26FN3O. The number of benzene rings is 2. The van der Waals surface area contributed by atoms with Gasteiger partial charge in [0.05, 0.1) is 17.9 Å². The summed E-state index contributed by atoms with van der Waals surface area (Å²) < 4.78 is 13.2. The van der Waals surface area contributed by atoms with E-state index in [1.807, 2.05) is 24.3 Å². The number of nitrogens with one attached hydrogen (secondary N) is 1. The Hall–Kier alpha value is -3.08. The van der Waals surface area contributed by atoms with Crippen molar-refractivity contribution in [3.05, 3.63) is 83.2 Å². The molecule has 0 radical (unpaired) electrons. The number of aromatic hydroxyl groups is 1. The highest BCUT2D eigenvalue weighted by Gasteiger charge is 2.29. The first-order valence-electron chi connectivity index (χ1n) is 10.7. The van der Waals surface area contributed by atoms with Crippen LogP contribution in [0.5, 0.6) is 5.75 Å². The van der Waals surface area contributed by atoms with E-state index in [2.05, 4.69) is 16.4 Å². The fourth-order valence-electron chi connectivity index (χ4n) is 4.64. The van der Waals surface area contributed by atoms with Gasteiger partial charge in [0, 0.05) is 18.3 Å². The monoisotopic (exact) mass is 403 g/mol. The number of hydrogen-bond donors (Lipinski definition) is 2. The summed E-state index contributed by atoms with van der Waals surface area (Å²) in [4.78, 5) is 7.20. The fourth-order valence-corrected chi connectivity index (χ4v) is 4.64. The van der Waals surface area contributed by atoms with Crippen LogP contribution in [0, 0.1) is 11.7 Å². The molecule has 2 aromatic carbocycles. The zero-order valence-electron chi connectivity index (χ0n) is 16.9. The van der Waals surface area contributed by atoms with Crippen molar-refractivity contribution in [3.63, 3.8) is 0 Å². The summed E-state index contributed by atoms with van der Waals surface area (Å²) in [7, 11) is 0. The van der Waals surface area contributed by atoms with Crippen LogP contribution in [-0.4, -0.2) is 22.3 Å². The van der Waals surface area contributed by atoms with Crippen molar-refractivity contribution < 1.29 is 9.50 Å². The molecule has 1 fully saturated rings. The van der Waals surface area contributed by atoms with Crippen molar-refractivity contribution in [2.45, 2.75) is 38.5 Å². The van der Waals surface area contributed by atoms with Crippen LogP contribution in [-0.2, 0) is 6.42 Å². The van der Waals surface area contributed by atoms with Crippen LogP contribution in [0.1, 0.15) is 43.2 Å². The average Bonchev–Trinajstić information content (AvgIpc) is 3.40. The van der Waals surface area contributed by atoms with Gasteiger partial charge in [0.15, 0.2) is 5.82 Å². The van der Waals surface area contributed by atoms with E-state index in [0.717, 1.165) is 47.7 Å². The van der Waals surface area contributed by atoms with Crippen molar-refractivity contribution in [2.75, 3.05) is 6.54 Å². The van der Waals surface area contributed by atoms with Gasteiger partial charge in [-0.15, -0.1) is 0 Å². The third-order valence-electron chi connectivity index (χ3n) is 6.20. The molecule has 2 aromatic rings. The Morgan fingerprint density at radius 2 is 1.77 bits per heavy atom. The Morgan fingerprint density at radius 1 is 1.03 bits per heavy atom. The maximum atomic E-state index is 13.2. The van der Waals surface area contributed by atoms with E-state index in [4.69, 9.17) is 4.99 Å². The molecule has 5 heteroatoms. The molecule has 0 saturated heterocycles. The van der Waals surface area contributed by atoms with E-state index in [1.165, 1.54) is 43.5 Å². The molecule has 30 heavy (non-hydrogen) atoms. The van der Waals surface area contributed by atoms with E-state index < -0.39 is 0 Å². The molecule has 2 heterocycles. The molecule has 1 aliphatic carbocycles. The van der Waals surface area contributed by atoms with Gasteiger partial charge in [-0.2, -0.15) is 0 Å². The Balaban J connectivity index is 1.42. The van der Waals surface area contributed by atoms with Gasteiger partial charge in [-0.3, -0.25) is 0 Å². The first-order chi connectivity index (χ1) is 14.6. The number of rotatable bonds is 5. The molecule has 0 amide bonds. The Labute approximate surface area is 176 Å². The lowest BCUT2D eigenvalue weighted by atomic mass is 10.00. The summed E-state index contributed by atoms with van der Waals surface area (Å²) in [5.41, 5.74) is 5.42. The molecule has 0 atom stereocenters.